The SMILES string of the molecule is CCOP(=O)(CCNC(=O)c1cc(N)ccc1Oc1ccnc(C(=O)NC)c1)OCC.CNC(=O)c1cc(=O)cc[nH]1.O=C(Cl)c1cc([N+](=O)[O-])ccc1Cl. The first-order valence-corrected chi connectivity index (χ1v) is 18.5. The van der Waals surface area contributed by atoms with Crippen LogP contribution in [0, 0.1) is 10.1 Å². The molecule has 2 aromatic carbocycles. The fourth-order valence-electron chi connectivity index (χ4n) is 4.12. The van der Waals surface area contributed by atoms with Crippen LogP contribution in [0.15, 0.2) is 77.9 Å². The summed E-state index contributed by atoms with van der Waals surface area (Å²) < 4.78 is 28.8. The van der Waals surface area contributed by atoms with Crippen molar-refractivity contribution in [3.8, 4) is 11.5 Å². The van der Waals surface area contributed by atoms with Gasteiger partial charge in [-0.1, -0.05) is 11.6 Å². The normalized spacial score (nSPS) is 10.4. The largest absolute Gasteiger partial charge is 0.456 e. The molecule has 0 atom stereocenters. The maximum atomic E-state index is 12.7. The predicted molar refractivity (Wildman–Crippen MR) is 205 cm³/mol. The molecule has 18 nitrogen and oxygen atoms in total. The van der Waals surface area contributed by atoms with Crippen LogP contribution in [0.25, 0.3) is 0 Å². The molecule has 55 heavy (non-hydrogen) atoms. The van der Waals surface area contributed by atoms with Crippen LogP contribution >= 0.6 is 30.8 Å². The van der Waals surface area contributed by atoms with E-state index in [2.05, 4.69) is 25.9 Å². The van der Waals surface area contributed by atoms with E-state index >= 15 is 0 Å². The van der Waals surface area contributed by atoms with Crippen LogP contribution < -0.4 is 31.8 Å². The molecule has 0 aliphatic heterocycles. The van der Waals surface area contributed by atoms with E-state index < -0.39 is 23.7 Å². The Morgan fingerprint density at radius 3 is 2.18 bits per heavy atom. The minimum atomic E-state index is -3.28. The minimum absolute atomic E-state index is 0.0266. The summed E-state index contributed by atoms with van der Waals surface area (Å²) in [6, 6.07) is 13.7. The third-order valence-corrected chi connectivity index (χ3v) is 9.21. The van der Waals surface area contributed by atoms with E-state index in [1.165, 1.54) is 62.9 Å². The van der Waals surface area contributed by atoms with E-state index in [9.17, 15) is 38.7 Å². The molecule has 6 N–H and O–H groups in total. The lowest BCUT2D eigenvalue weighted by Crippen LogP contribution is -2.27. The molecule has 0 radical (unpaired) electrons. The Morgan fingerprint density at radius 2 is 1.60 bits per heavy atom. The maximum Gasteiger partial charge on any atom is 0.332 e. The molecule has 4 rings (SSSR count). The second-order valence-electron chi connectivity index (χ2n) is 10.5. The van der Waals surface area contributed by atoms with Crippen molar-refractivity contribution in [3.63, 3.8) is 0 Å². The van der Waals surface area contributed by atoms with Gasteiger partial charge in [0.2, 0.25) is 0 Å². The zero-order valence-corrected chi connectivity index (χ0v) is 32.3. The van der Waals surface area contributed by atoms with Crippen LogP contribution in [0.1, 0.15) is 55.5 Å². The summed E-state index contributed by atoms with van der Waals surface area (Å²) in [5, 5.41) is 17.1. The Hall–Kier alpha value is -5.65. The number of nitro benzene ring substituents is 1. The Labute approximate surface area is 324 Å². The third kappa shape index (κ3) is 15.0. The Bertz CT molecular complexity index is 2090. The van der Waals surface area contributed by atoms with Crippen LogP contribution in [0.2, 0.25) is 5.02 Å². The van der Waals surface area contributed by atoms with Crippen molar-refractivity contribution < 1.29 is 42.5 Å². The standard InChI is InChI=1S/C20H27N4O6P.C7H3Cl2NO3.C7H8N2O2/c1-4-28-31(27,29-5-2)11-10-24-19(25)16-12-14(21)6-7-18(16)30-15-8-9-23-17(13-15)20(26)22-3;8-6-2-1-4(10(12)13)3-5(6)7(9)11;1-8-7(11)6-4-5(10)2-3-9-6/h6-9,12-13H,4-5,10-11,21H2,1-3H3,(H,22,26)(H,24,25);1-3H;2-4H,1H3,(H,8,11)(H,9,10). The van der Waals surface area contributed by atoms with Gasteiger partial charge in [0.25, 0.3) is 28.7 Å². The summed E-state index contributed by atoms with van der Waals surface area (Å²) >= 11 is 10.7. The quantitative estimate of drug-likeness (QED) is 0.0362. The van der Waals surface area contributed by atoms with Gasteiger partial charge in [0.15, 0.2) is 5.43 Å². The average Bonchev–Trinajstić information content (AvgIpc) is 3.15. The highest BCUT2D eigenvalue weighted by Gasteiger charge is 2.24. The summed E-state index contributed by atoms with van der Waals surface area (Å²) in [5.41, 5.74) is 6.38. The van der Waals surface area contributed by atoms with Gasteiger partial charge < -0.3 is 40.5 Å². The number of ether oxygens (including phenoxy) is 1. The number of nitrogens with two attached hydrogens (primary N) is 1. The number of nitrogen functional groups attached to an aromatic ring is 1. The number of amides is 3. The molecule has 4 aromatic rings. The first-order valence-electron chi connectivity index (χ1n) is 16.0. The number of nitro groups is 1. The Balaban J connectivity index is 0.000000353. The fourth-order valence-corrected chi connectivity index (χ4v) is 6.03. The number of anilines is 1. The van der Waals surface area contributed by atoms with Crippen LogP contribution in [0.4, 0.5) is 11.4 Å². The maximum absolute atomic E-state index is 12.7. The van der Waals surface area contributed by atoms with Crippen molar-refractivity contribution in [1.82, 2.24) is 25.9 Å². The lowest BCUT2D eigenvalue weighted by Gasteiger charge is -2.17. The molecule has 0 fully saturated rings. The lowest BCUT2D eigenvalue weighted by molar-refractivity contribution is -0.384. The number of halogens is 2. The van der Waals surface area contributed by atoms with Gasteiger partial charge in [-0.25, -0.2) is 0 Å². The smallest absolute Gasteiger partial charge is 0.332 e. The highest BCUT2D eigenvalue weighted by atomic mass is 35.5. The van der Waals surface area contributed by atoms with Crippen LogP contribution in [0.5, 0.6) is 11.5 Å². The fraction of sp³-hybridized carbons (Fsp3) is 0.235. The average molecular weight is 823 g/mol. The highest BCUT2D eigenvalue weighted by Crippen LogP contribution is 2.47. The number of nitrogens with zero attached hydrogens (tertiary/aromatic N) is 2. The van der Waals surface area contributed by atoms with Crippen LogP contribution in [-0.4, -0.2) is 77.9 Å². The number of pyridine rings is 2. The van der Waals surface area contributed by atoms with E-state index in [0.717, 1.165) is 6.07 Å². The van der Waals surface area contributed by atoms with E-state index in [1.54, 1.807) is 32.0 Å². The molecule has 21 heteroatoms. The van der Waals surface area contributed by atoms with Crippen molar-refractivity contribution in [2.75, 3.05) is 45.7 Å². The van der Waals surface area contributed by atoms with Gasteiger partial charge in [-0.15, -0.1) is 0 Å². The topological polar surface area (TPSA) is 264 Å². The van der Waals surface area contributed by atoms with Gasteiger partial charge in [0.05, 0.1) is 40.4 Å². The van der Waals surface area contributed by atoms with Gasteiger partial charge in [-0.05, 0) is 55.8 Å². The summed E-state index contributed by atoms with van der Waals surface area (Å²) in [6.45, 7) is 3.98. The van der Waals surface area contributed by atoms with Gasteiger partial charge in [0, 0.05) is 69.1 Å². The zero-order chi connectivity index (χ0) is 41.1. The number of carbonyl (C=O) groups is 4. The van der Waals surface area contributed by atoms with Crippen LogP contribution in [-0.2, 0) is 13.6 Å². The molecule has 0 aliphatic carbocycles. The van der Waals surface area contributed by atoms with Gasteiger partial charge >= 0.3 is 7.60 Å². The molecule has 0 spiro atoms. The second-order valence-corrected chi connectivity index (χ2v) is 13.4. The molecule has 2 heterocycles. The molecule has 0 unspecified atom stereocenters. The number of nitrogens with one attached hydrogen (secondary N) is 4. The number of rotatable bonds is 14. The summed E-state index contributed by atoms with van der Waals surface area (Å²) in [7, 11) is -0.273. The van der Waals surface area contributed by atoms with E-state index in [1.807, 2.05) is 0 Å². The summed E-state index contributed by atoms with van der Waals surface area (Å²) in [6.07, 6.45) is 2.89. The van der Waals surface area contributed by atoms with Gasteiger partial charge in [-0.2, -0.15) is 0 Å². The van der Waals surface area contributed by atoms with Crippen molar-refractivity contribution >= 4 is 65.1 Å². The third-order valence-electron chi connectivity index (χ3n) is 6.61. The number of aromatic nitrogens is 2. The Kier molecular flexibility index (Phi) is 18.6. The molecule has 0 aliphatic rings. The van der Waals surface area contributed by atoms with Crippen molar-refractivity contribution in [1.29, 1.82) is 0 Å². The van der Waals surface area contributed by atoms with Gasteiger partial charge in [0.1, 0.15) is 22.9 Å². The highest BCUT2D eigenvalue weighted by molar-refractivity contribution is 7.53. The first kappa shape index (κ1) is 45.5. The Morgan fingerprint density at radius 1 is 0.927 bits per heavy atom. The number of benzene rings is 2. The molecule has 294 valence electrons. The molecule has 0 saturated heterocycles. The van der Waals surface area contributed by atoms with Crippen molar-refractivity contribution in [2.45, 2.75) is 13.8 Å². The van der Waals surface area contributed by atoms with E-state index in [4.69, 9.17) is 42.7 Å². The summed E-state index contributed by atoms with van der Waals surface area (Å²) in [4.78, 5) is 73.1. The number of aromatic amines is 1. The van der Waals surface area contributed by atoms with E-state index in [-0.39, 0.29) is 82.1 Å². The number of carbonyl (C=O) groups excluding carboxylic acids is 4. The molecule has 0 bridgehead atoms. The number of non-ortho nitro benzene ring substituents is 1. The van der Waals surface area contributed by atoms with Gasteiger partial charge in [-0.3, -0.25) is 43.6 Å². The van der Waals surface area contributed by atoms with E-state index in [0.29, 0.717) is 11.4 Å². The molecular formula is C34H38Cl2N7O11P. The monoisotopic (exact) mass is 821 g/mol. The molecule has 3 amide bonds. The number of H-pyrrole nitrogens is 1. The van der Waals surface area contributed by atoms with Crippen molar-refractivity contribution in [2.24, 2.45) is 0 Å². The minimum Gasteiger partial charge on any atom is -0.456 e. The molecule has 2 aromatic heterocycles. The predicted octanol–water partition coefficient (Wildman–Crippen LogP) is 5.17. The lowest BCUT2D eigenvalue weighted by atomic mass is 10.1. The summed E-state index contributed by atoms with van der Waals surface area (Å²) in [5.74, 6) is -0.568. The zero-order valence-electron chi connectivity index (χ0n) is 29.9. The molecular weight excluding hydrogens is 784 g/mol. The number of hydrogen-bond acceptors (Lipinski definition) is 13. The second kappa shape index (κ2) is 22.5. The van der Waals surface area contributed by atoms with Crippen molar-refractivity contribution in [3.05, 3.63) is 121 Å². The molecule has 0 saturated carbocycles. The number of hydrogen-bond donors (Lipinski definition) is 5. The first-order chi connectivity index (χ1) is 26.1. The van der Waals surface area contributed by atoms with Crippen LogP contribution in [0.3, 0.4) is 0 Å².